The first-order valence-electron chi connectivity index (χ1n) is 7.55. The first-order chi connectivity index (χ1) is 10.1. The van der Waals surface area contributed by atoms with Crippen molar-refractivity contribution >= 4 is 5.97 Å². The van der Waals surface area contributed by atoms with Crippen LogP contribution in [0, 0.1) is 0 Å². The summed E-state index contributed by atoms with van der Waals surface area (Å²) in [5, 5.41) is 12.3. The summed E-state index contributed by atoms with van der Waals surface area (Å²) in [5.74, 6) is -0.772. The molecule has 1 fully saturated rings. The van der Waals surface area contributed by atoms with Crippen LogP contribution < -0.4 is 5.32 Å². The minimum atomic E-state index is -0.772. The Labute approximate surface area is 126 Å². The molecular weight excluding hydrogens is 266 g/mol. The van der Waals surface area contributed by atoms with Crippen molar-refractivity contribution < 1.29 is 9.90 Å². The van der Waals surface area contributed by atoms with Gasteiger partial charge in [0, 0.05) is 45.8 Å². The molecule has 1 aromatic rings. The number of nitrogens with zero attached hydrogens (tertiary/aromatic N) is 2. The fourth-order valence-corrected chi connectivity index (χ4v) is 2.66. The van der Waals surface area contributed by atoms with Gasteiger partial charge in [-0.3, -0.25) is 9.69 Å². The smallest absolute Gasteiger partial charge is 0.307 e. The summed E-state index contributed by atoms with van der Waals surface area (Å²) in [7, 11) is 2.10. The van der Waals surface area contributed by atoms with Crippen molar-refractivity contribution in [3.63, 3.8) is 0 Å². The standard InChI is InChI=1S/C16H25N3O2/c1-18(10-11-19-8-6-17-7-9-19)13-15-5-3-2-4-14(15)12-16(20)21/h2-5,17H,6-13H2,1H3,(H,20,21). The van der Waals surface area contributed by atoms with E-state index in [1.165, 1.54) is 0 Å². The van der Waals surface area contributed by atoms with E-state index in [-0.39, 0.29) is 6.42 Å². The summed E-state index contributed by atoms with van der Waals surface area (Å²) < 4.78 is 0. The molecule has 0 amide bonds. The normalized spacial score (nSPS) is 16.3. The summed E-state index contributed by atoms with van der Waals surface area (Å²) in [6.45, 7) is 7.25. The van der Waals surface area contributed by atoms with Gasteiger partial charge in [-0.15, -0.1) is 0 Å². The second-order valence-corrected chi connectivity index (χ2v) is 5.67. The number of aliphatic carboxylic acids is 1. The van der Waals surface area contributed by atoms with Gasteiger partial charge in [0.15, 0.2) is 0 Å². The van der Waals surface area contributed by atoms with Crippen LogP contribution >= 0.6 is 0 Å². The molecule has 1 aliphatic heterocycles. The van der Waals surface area contributed by atoms with Crippen LogP contribution in [0.25, 0.3) is 0 Å². The third-order valence-corrected chi connectivity index (χ3v) is 3.91. The lowest BCUT2D eigenvalue weighted by Gasteiger charge is -2.29. The summed E-state index contributed by atoms with van der Waals surface area (Å²) in [4.78, 5) is 15.6. The second kappa shape index (κ2) is 8.12. The molecule has 0 spiro atoms. The average molecular weight is 291 g/mol. The molecule has 2 rings (SSSR count). The molecule has 5 nitrogen and oxygen atoms in total. The lowest BCUT2D eigenvalue weighted by molar-refractivity contribution is -0.136. The van der Waals surface area contributed by atoms with E-state index in [1.807, 2.05) is 24.3 Å². The number of carbonyl (C=O) groups is 1. The van der Waals surface area contributed by atoms with Crippen molar-refractivity contribution in [1.82, 2.24) is 15.1 Å². The average Bonchev–Trinajstić information content (AvgIpc) is 2.48. The van der Waals surface area contributed by atoms with Crippen molar-refractivity contribution in [2.24, 2.45) is 0 Å². The quantitative estimate of drug-likeness (QED) is 0.772. The number of piperazine rings is 1. The molecule has 0 atom stereocenters. The molecule has 1 aliphatic rings. The van der Waals surface area contributed by atoms with Crippen LogP contribution in [0.2, 0.25) is 0 Å². The van der Waals surface area contributed by atoms with Gasteiger partial charge in [0.1, 0.15) is 0 Å². The topological polar surface area (TPSA) is 55.8 Å². The summed E-state index contributed by atoms with van der Waals surface area (Å²) >= 11 is 0. The highest BCUT2D eigenvalue weighted by Crippen LogP contribution is 2.12. The van der Waals surface area contributed by atoms with Gasteiger partial charge in [0.25, 0.3) is 0 Å². The molecule has 1 aromatic carbocycles. The Morgan fingerprint density at radius 1 is 1.29 bits per heavy atom. The molecule has 1 saturated heterocycles. The van der Waals surface area contributed by atoms with Crippen LogP contribution in [0.5, 0.6) is 0 Å². The molecule has 0 aliphatic carbocycles. The van der Waals surface area contributed by atoms with Gasteiger partial charge in [-0.1, -0.05) is 24.3 Å². The summed E-state index contributed by atoms with van der Waals surface area (Å²) in [6.07, 6.45) is 0.0990. The van der Waals surface area contributed by atoms with Gasteiger partial charge in [0.2, 0.25) is 0 Å². The second-order valence-electron chi connectivity index (χ2n) is 5.67. The van der Waals surface area contributed by atoms with Crippen LogP contribution in [0.1, 0.15) is 11.1 Å². The first-order valence-corrected chi connectivity index (χ1v) is 7.55. The van der Waals surface area contributed by atoms with E-state index in [9.17, 15) is 4.79 Å². The predicted octanol–water partition coefficient (Wildman–Crippen LogP) is 0.651. The Morgan fingerprint density at radius 3 is 2.62 bits per heavy atom. The third kappa shape index (κ3) is 5.46. The van der Waals surface area contributed by atoms with Gasteiger partial charge < -0.3 is 15.3 Å². The molecule has 5 heteroatoms. The van der Waals surface area contributed by atoms with Crippen molar-refractivity contribution in [2.45, 2.75) is 13.0 Å². The van der Waals surface area contributed by atoms with Gasteiger partial charge >= 0.3 is 5.97 Å². The van der Waals surface area contributed by atoms with Gasteiger partial charge in [-0.05, 0) is 18.2 Å². The first kappa shape index (κ1) is 15.9. The maximum atomic E-state index is 10.9. The van der Waals surface area contributed by atoms with E-state index in [4.69, 9.17) is 5.11 Å². The summed E-state index contributed by atoms with van der Waals surface area (Å²) in [6, 6.07) is 7.82. The fraction of sp³-hybridized carbons (Fsp3) is 0.562. The van der Waals surface area contributed by atoms with Crippen LogP contribution in [0.4, 0.5) is 0 Å². The number of nitrogens with one attached hydrogen (secondary N) is 1. The fourth-order valence-electron chi connectivity index (χ4n) is 2.66. The SMILES string of the molecule is CN(CCN1CCNCC1)Cc1ccccc1CC(=O)O. The lowest BCUT2D eigenvalue weighted by Crippen LogP contribution is -2.45. The number of benzene rings is 1. The zero-order valence-electron chi connectivity index (χ0n) is 12.7. The molecular formula is C16H25N3O2. The van der Waals surface area contributed by atoms with Gasteiger partial charge in [0.05, 0.1) is 6.42 Å². The largest absolute Gasteiger partial charge is 0.481 e. The molecule has 2 N–H and O–H groups in total. The number of carboxylic acid groups (broad SMARTS) is 1. The van der Waals surface area contributed by atoms with Crippen LogP contribution in [0.15, 0.2) is 24.3 Å². The number of likely N-dealkylation sites (N-methyl/N-ethyl adjacent to an activating group) is 1. The molecule has 0 bridgehead atoms. The van der Waals surface area contributed by atoms with E-state index in [2.05, 4.69) is 22.2 Å². The van der Waals surface area contributed by atoms with E-state index < -0.39 is 5.97 Å². The Kier molecular flexibility index (Phi) is 6.17. The van der Waals surface area contributed by atoms with Crippen molar-refractivity contribution in [1.29, 1.82) is 0 Å². The zero-order valence-corrected chi connectivity index (χ0v) is 12.7. The van der Waals surface area contributed by atoms with E-state index >= 15 is 0 Å². The minimum Gasteiger partial charge on any atom is -0.481 e. The number of carboxylic acids is 1. The predicted molar refractivity (Wildman–Crippen MR) is 83.4 cm³/mol. The molecule has 0 unspecified atom stereocenters. The number of rotatable bonds is 7. The number of hydrogen-bond acceptors (Lipinski definition) is 4. The van der Waals surface area contributed by atoms with E-state index in [0.717, 1.165) is 56.9 Å². The van der Waals surface area contributed by atoms with Crippen molar-refractivity contribution in [3.8, 4) is 0 Å². The van der Waals surface area contributed by atoms with Crippen molar-refractivity contribution in [3.05, 3.63) is 35.4 Å². The Bertz CT molecular complexity index is 459. The van der Waals surface area contributed by atoms with Gasteiger partial charge in [-0.25, -0.2) is 0 Å². The number of hydrogen-bond donors (Lipinski definition) is 2. The minimum absolute atomic E-state index is 0.0990. The Balaban J connectivity index is 1.84. The highest BCUT2D eigenvalue weighted by Gasteiger charge is 2.12. The third-order valence-electron chi connectivity index (χ3n) is 3.91. The molecule has 0 aromatic heterocycles. The maximum Gasteiger partial charge on any atom is 0.307 e. The van der Waals surface area contributed by atoms with Crippen LogP contribution in [-0.2, 0) is 17.8 Å². The lowest BCUT2D eigenvalue weighted by atomic mass is 10.0. The Morgan fingerprint density at radius 2 is 1.95 bits per heavy atom. The zero-order chi connectivity index (χ0) is 15.1. The molecule has 1 heterocycles. The maximum absolute atomic E-state index is 10.9. The summed E-state index contributed by atoms with van der Waals surface area (Å²) in [5.41, 5.74) is 2.03. The molecule has 0 radical (unpaired) electrons. The Hall–Kier alpha value is -1.43. The van der Waals surface area contributed by atoms with Crippen LogP contribution in [-0.4, -0.2) is 67.2 Å². The van der Waals surface area contributed by atoms with Gasteiger partial charge in [-0.2, -0.15) is 0 Å². The highest BCUT2D eigenvalue weighted by atomic mass is 16.4. The monoisotopic (exact) mass is 291 g/mol. The molecule has 116 valence electrons. The van der Waals surface area contributed by atoms with E-state index in [1.54, 1.807) is 0 Å². The molecule has 0 saturated carbocycles. The highest BCUT2D eigenvalue weighted by molar-refractivity contribution is 5.70. The molecule has 21 heavy (non-hydrogen) atoms. The van der Waals surface area contributed by atoms with Crippen molar-refractivity contribution in [2.75, 3.05) is 46.3 Å². The van der Waals surface area contributed by atoms with Crippen LogP contribution in [0.3, 0.4) is 0 Å². The van der Waals surface area contributed by atoms with E-state index in [0.29, 0.717) is 0 Å².